The van der Waals surface area contributed by atoms with Gasteiger partial charge in [-0.3, -0.25) is 0 Å². The fourth-order valence-electron chi connectivity index (χ4n) is 1.22. The predicted molar refractivity (Wildman–Crippen MR) is 52.8 cm³/mol. The highest BCUT2D eigenvalue weighted by Gasteiger charge is 1.98. The van der Waals surface area contributed by atoms with Crippen molar-refractivity contribution in [1.29, 1.82) is 0 Å². The van der Waals surface area contributed by atoms with E-state index in [2.05, 4.69) is 0 Å². The predicted octanol–water partition coefficient (Wildman–Crippen LogP) is 1.69. The van der Waals surface area contributed by atoms with Gasteiger partial charge in [0.25, 0.3) is 0 Å². The maximum absolute atomic E-state index is 12.7. The minimum absolute atomic E-state index is 0.227. The highest BCUT2D eigenvalue weighted by atomic mass is 19.1. The summed E-state index contributed by atoms with van der Waals surface area (Å²) in [6.07, 6.45) is 2.94. The molecular formula is C10H15FN2. The molecule has 2 nitrogen and oxygen atoms in total. The quantitative estimate of drug-likeness (QED) is 0.550. The Balaban J connectivity index is 2.53. The lowest BCUT2D eigenvalue weighted by molar-refractivity contribution is 0.631. The van der Waals surface area contributed by atoms with Crippen LogP contribution in [-0.2, 0) is 6.42 Å². The van der Waals surface area contributed by atoms with Crippen LogP contribution in [0.1, 0.15) is 18.4 Å². The Labute approximate surface area is 77.7 Å². The Kier molecular flexibility index (Phi) is 3.71. The molecule has 0 fully saturated rings. The van der Waals surface area contributed by atoms with Crippen molar-refractivity contribution in [2.24, 2.45) is 5.73 Å². The lowest BCUT2D eigenvalue weighted by atomic mass is 10.1. The molecule has 0 bridgehead atoms. The monoisotopic (exact) mass is 182 g/mol. The molecule has 0 aliphatic heterocycles. The van der Waals surface area contributed by atoms with Gasteiger partial charge in [-0.25, -0.2) is 4.39 Å². The number of benzene rings is 1. The molecule has 0 spiro atoms. The van der Waals surface area contributed by atoms with Gasteiger partial charge in [-0.05, 0) is 43.5 Å². The molecule has 1 aromatic rings. The zero-order valence-corrected chi connectivity index (χ0v) is 7.59. The van der Waals surface area contributed by atoms with Gasteiger partial charge in [0, 0.05) is 0 Å². The topological polar surface area (TPSA) is 52.0 Å². The van der Waals surface area contributed by atoms with Crippen LogP contribution in [0.25, 0.3) is 0 Å². The molecule has 3 heteroatoms. The highest BCUT2D eigenvalue weighted by Crippen LogP contribution is 2.13. The maximum atomic E-state index is 12.7. The summed E-state index contributed by atoms with van der Waals surface area (Å²) in [6, 6.07) is 4.86. The van der Waals surface area contributed by atoms with E-state index < -0.39 is 0 Å². The summed E-state index contributed by atoms with van der Waals surface area (Å²) < 4.78 is 12.7. The normalized spacial score (nSPS) is 10.3. The Morgan fingerprint density at radius 2 is 2.00 bits per heavy atom. The van der Waals surface area contributed by atoms with Crippen molar-refractivity contribution in [3.05, 3.63) is 29.6 Å². The van der Waals surface area contributed by atoms with Crippen molar-refractivity contribution >= 4 is 5.69 Å². The van der Waals surface area contributed by atoms with Gasteiger partial charge in [-0.15, -0.1) is 0 Å². The molecule has 0 saturated heterocycles. The van der Waals surface area contributed by atoms with Crippen LogP contribution >= 0.6 is 0 Å². The number of aryl methyl sites for hydroxylation is 1. The van der Waals surface area contributed by atoms with E-state index in [1.54, 1.807) is 12.1 Å². The summed E-state index contributed by atoms with van der Waals surface area (Å²) in [6.45, 7) is 0.705. The van der Waals surface area contributed by atoms with Crippen LogP contribution in [0.4, 0.5) is 10.1 Å². The average Bonchev–Trinajstić information content (AvgIpc) is 2.12. The molecule has 13 heavy (non-hydrogen) atoms. The standard InChI is InChI=1S/C10H15FN2/c11-9-5-4-8(7-10(9)13)3-1-2-6-12/h4-5,7H,1-3,6,12-13H2. The van der Waals surface area contributed by atoms with Crippen molar-refractivity contribution in [1.82, 2.24) is 0 Å². The van der Waals surface area contributed by atoms with E-state index in [1.165, 1.54) is 6.07 Å². The summed E-state index contributed by atoms with van der Waals surface area (Å²) in [5.41, 5.74) is 12.1. The highest BCUT2D eigenvalue weighted by molar-refractivity contribution is 5.42. The van der Waals surface area contributed by atoms with Crippen LogP contribution < -0.4 is 11.5 Å². The third-order valence-corrected chi connectivity index (χ3v) is 1.98. The van der Waals surface area contributed by atoms with Crippen LogP contribution in [0, 0.1) is 5.82 Å². The summed E-state index contributed by atoms with van der Waals surface area (Å²) in [5.74, 6) is -0.345. The Bertz CT molecular complexity index is 274. The zero-order valence-electron chi connectivity index (χ0n) is 7.59. The molecule has 0 amide bonds. The van der Waals surface area contributed by atoms with Gasteiger partial charge in [-0.2, -0.15) is 0 Å². The lowest BCUT2D eigenvalue weighted by Crippen LogP contribution is -1.99. The van der Waals surface area contributed by atoms with E-state index in [0.717, 1.165) is 24.8 Å². The van der Waals surface area contributed by atoms with Crippen molar-refractivity contribution in [3.63, 3.8) is 0 Å². The lowest BCUT2D eigenvalue weighted by Gasteiger charge is -2.02. The first-order valence-electron chi connectivity index (χ1n) is 4.48. The second-order valence-electron chi connectivity index (χ2n) is 3.10. The molecule has 4 N–H and O–H groups in total. The molecule has 0 radical (unpaired) electrons. The summed E-state index contributed by atoms with van der Waals surface area (Å²) in [7, 11) is 0. The van der Waals surface area contributed by atoms with Gasteiger partial charge in [0.1, 0.15) is 5.82 Å². The minimum Gasteiger partial charge on any atom is -0.396 e. The van der Waals surface area contributed by atoms with Gasteiger partial charge in [0.15, 0.2) is 0 Å². The van der Waals surface area contributed by atoms with Gasteiger partial charge in [0.05, 0.1) is 5.69 Å². The molecule has 0 saturated carbocycles. The molecule has 0 atom stereocenters. The number of unbranched alkanes of at least 4 members (excludes halogenated alkanes) is 1. The second-order valence-corrected chi connectivity index (χ2v) is 3.10. The average molecular weight is 182 g/mol. The molecular weight excluding hydrogens is 167 g/mol. The Hall–Kier alpha value is -1.09. The molecule has 0 aliphatic rings. The van der Waals surface area contributed by atoms with Crippen LogP contribution in [0.15, 0.2) is 18.2 Å². The van der Waals surface area contributed by atoms with E-state index in [4.69, 9.17) is 11.5 Å². The maximum Gasteiger partial charge on any atom is 0.146 e. The Morgan fingerprint density at radius 1 is 1.23 bits per heavy atom. The summed E-state index contributed by atoms with van der Waals surface area (Å²) in [5, 5.41) is 0. The van der Waals surface area contributed by atoms with Crippen molar-refractivity contribution < 1.29 is 4.39 Å². The van der Waals surface area contributed by atoms with Gasteiger partial charge in [0.2, 0.25) is 0 Å². The molecule has 0 aromatic heterocycles. The third-order valence-electron chi connectivity index (χ3n) is 1.98. The van der Waals surface area contributed by atoms with Crippen LogP contribution in [-0.4, -0.2) is 6.54 Å². The first-order chi connectivity index (χ1) is 6.24. The molecule has 1 rings (SSSR count). The van der Waals surface area contributed by atoms with E-state index in [-0.39, 0.29) is 11.5 Å². The molecule has 72 valence electrons. The van der Waals surface area contributed by atoms with E-state index in [9.17, 15) is 4.39 Å². The second kappa shape index (κ2) is 4.82. The summed E-state index contributed by atoms with van der Waals surface area (Å²) >= 11 is 0. The van der Waals surface area contributed by atoms with Crippen LogP contribution in [0.3, 0.4) is 0 Å². The number of rotatable bonds is 4. The van der Waals surface area contributed by atoms with Gasteiger partial charge >= 0.3 is 0 Å². The number of halogens is 1. The third kappa shape index (κ3) is 3.03. The molecule has 0 heterocycles. The van der Waals surface area contributed by atoms with Gasteiger partial charge in [-0.1, -0.05) is 6.07 Å². The van der Waals surface area contributed by atoms with E-state index in [0.29, 0.717) is 6.54 Å². The first-order valence-corrected chi connectivity index (χ1v) is 4.48. The van der Waals surface area contributed by atoms with Crippen LogP contribution in [0.5, 0.6) is 0 Å². The van der Waals surface area contributed by atoms with Crippen molar-refractivity contribution in [2.45, 2.75) is 19.3 Å². The van der Waals surface area contributed by atoms with Gasteiger partial charge < -0.3 is 11.5 Å². The largest absolute Gasteiger partial charge is 0.396 e. The molecule has 0 unspecified atom stereocenters. The fourth-order valence-corrected chi connectivity index (χ4v) is 1.22. The smallest absolute Gasteiger partial charge is 0.146 e. The van der Waals surface area contributed by atoms with E-state index in [1.807, 2.05) is 0 Å². The zero-order chi connectivity index (χ0) is 9.68. The number of hydrogen-bond donors (Lipinski definition) is 2. The number of nitrogen functional groups attached to an aromatic ring is 1. The first kappa shape index (κ1) is 9.99. The number of nitrogens with two attached hydrogens (primary N) is 2. The van der Waals surface area contributed by atoms with Crippen molar-refractivity contribution in [2.75, 3.05) is 12.3 Å². The SMILES string of the molecule is NCCCCc1ccc(F)c(N)c1. The number of hydrogen-bond acceptors (Lipinski definition) is 2. The molecule has 1 aromatic carbocycles. The summed E-state index contributed by atoms with van der Waals surface area (Å²) in [4.78, 5) is 0. The van der Waals surface area contributed by atoms with E-state index >= 15 is 0 Å². The van der Waals surface area contributed by atoms with Crippen LogP contribution in [0.2, 0.25) is 0 Å². The number of anilines is 1. The fraction of sp³-hybridized carbons (Fsp3) is 0.400. The molecule has 0 aliphatic carbocycles. The Morgan fingerprint density at radius 3 is 2.62 bits per heavy atom. The minimum atomic E-state index is -0.345. The van der Waals surface area contributed by atoms with Crippen molar-refractivity contribution in [3.8, 4) is 0 Å².